The maximum atomic E-state index is 12.2. The molecule has 0 aliphatic carbocycles. The highest BCUT2D eigenvalue weighted by Crippen LogP contribution is 2.18. The zero-order chi connectivity index (χ0) is 16.5. The van der Waals surface area contributed by atoms with Gasteiger partial charge in [-0.25, -0.2) is 9.48 Å². The van der Waals surface area contributed by atoms with Gasteiger partial charge in [-0.15, -0.1) is 0 Å². The van der Waals surface area contributed by atoms with E-state index in [1.165, 1.54) is 20.0 Å². The number of carbonyl (C=O) groups excluding carboxylic acids is 1. The summed E-state index contributed by atoms with van der Waals surface area (Å²) in [4.78, 5) is 23.3. The van der Waals surface area contributed by atoms with Crippen molar-refractivity contribution in [1.82, 2.24) is 15.1 Å². The summed E-state index contributed by atoms with van der Waals surface area (Å²) in [5.74, 6) is -1.60. The number of aromatic nitrogens is 2. The van der Waals surface area contributed by atoms with Crippen molar-refractivity contribution in [2.75, 3.05) is 0 Å². The van der Waals surface area contributed by atoms with Crippen molar-refractivity contribution in [3.63, 3.8) is 0 Å². The quantitative estimate of drug-likeness (QED) is 0.905. The van der Waals surface area contributed by atoms with E-state index in [0.29, 0.717) is 16.3 Å². The van der Waals surface area contributed by atoms with E-state index in [-0.39, 0.29) is 0 Å². The fourth-order valence-electron chi connectivity index (χ4n) is 1.91. The van der Waals surface area contributed by atoms with Crippen LogP contribution in [0.15, 0.2) is 30.5 Å². The van der Waals surface area contributed by atoms with Crippen molar-refractivity contribution in [1.29, 1.82) is 0 Å². The first-order chi connectivity index (χ1) is 10.2. The molecule has 1 heterocycles. The van der Waals surface area contributed by atoms with E-state index in [9.17, 15) is 9.59 Å². The minimum atomic E-state index is -1.36. The smallest absolute Gasteiger partial charge is 0.328 e. The number of carboxylic acids is 1. The predicted octanol–water partition coefficient (Wildman–Crippen LogP) is 2.43. The van der Waals surface area contributed by atoms with E-state index in [1.54, 1.807) is 29.8 Å². The molecule has 0 aliphatic heterocycles. The summed E-state index contributed by atoms with van der Waals surface area (Å²) in [5.41, 5.74) is 0.276. The second-order valence-corrected chi connectivity index (χ2v) is 5.86. The van der Waals surface area contributed by atoms with Gasteiger partial charge in [0.25, 0.3) is 5.91 Å². The van der Waals surface area contributed by atoms with Gasteiger partial charge in [0.1, 0.15) is 5.54 Å². The average molecular weight is 322 g/mol. The summed E-state index contributed by atoms with van der Waals surface area (Å²) >= 11 is 5.95. The lowest BCUT2D eigenvalue weighted by atomic mass is 10.1. The van der Waals surface area contributed by atoms with Gasteiger partial charge in [0.15, 0.2) is 0 Å². The number of hydrogen-bond donors (Lipinski definition) is 2. The normalized spacial score (nSPS) is 11.3. The number of rotatable bonds is 4. The molecule has 0 saturated heterocycles. The van der Waals surface area contributed by atoms with Crippen LogP contribution >= 0.6 is 11.6 Å². The summed E-state index contributed by atoms with van der Waals surface area (Å²) in [6.45, 7) is 4.57. The minimum Gasteiger partial charge on any atom is -0.480 e. The SMILES string of the molecule is Cc1c(C(=O)NC(C)(C)C(=O)O)cnn1-c1cccc(Cl)c1. The zero-order valence-corrected chi connectivity index (χ0v) is 13.2. The predicted molar refractivity (Wildman–Crippen MR) is 82.5 cm³/mol. The van der Waals surface area contributed by atoms with E-state index >= 15 is 0 Å². The molecule has 2 N–H and O–H groups in total. The van der Waals surface area contributed by atoms with Crippen LogP contribution in [0.4, 0.5) is 0 Å². The summed E-state index contributed by atoms with van der Waals surface area (Å²) in [7, 11) is 0. The van der Waals surface area contributed by atoms with Gasteiger partial charge in [-0.05, 0) is 39.0 Å². The molecule has 0 fully saturated rings. The summed E-state index contributed by atoms with van der Waals surface area (Å²) in [6.07, 6.45) is 1.41. The topological polar surface area (TPSA) is 84.2 Å². The van der Waals surface area contributed by atoms with Gasteiger partial charge in [0.05, 0.1) is 23.1 Å². The van der Waals surface area contributed by atoms with E-state index in [2.05, 4.69) is 10.4 Å². The number of carbonyl (C=O) groups is 2. The third-order valence-electron chi connectivity index (χ3n) is 3.27. The molecule has 6 nitrogen and oxygen atoms in total. The number of carboxylic acid groups (broad SMARTS) is 1. The number of halogens is 1. The third kappa shape index (κ3) is 3.12. The Balaban J connectivity index is 2.32. The third-order valence-corrected chi connectivity index (χ3v) is 3.50. The molecule has 2 rings (SSSR count). The van der Waals surface area contributed by atoms with Crippen LogP contribution in [0.2, 0.25) is 5.02 Å². The van der Waals surface area contributed by atoms with Crippen LogP contribution in [0.5, 0.6) is 0 Å². The summed E-state index contributed by atoms with van der Waals surface area (Å²) < 4.78 is 1.58. The molecule has 0 unspecified atom stereocenters. The monoisotopic (exact) mass is 321 g/mol. The largest absolute Gasteiger partial charge is 0.480 e. The highest BCUT2D eigenvalue weighted by molar-refractivity contribution is 6.30. The maximum absolute atomic E-state index is 12.2. The van der Waals surface area contributed by atoms with Gasteiger partial charge < -0.3 is 10.4 Å². The van der Waals surface area contributed by atoms with Gasteiger partial charge >= 0.3 is 5.97 Å². The molecule has 1 amide bonds. The molecule has 1 aromatic heterocycles. The summed E-state index contributed by atoms with van der Waals surface area (Å²) in [6, 6.07) is 7.07. The number of benzene rings is 1. The Morgan fingerprint density at radius 3 is 2.64 bits per heavy atom. The lowest BCUT2D eigenvalue weighted by Gasteiger charge is -2.20. The van der Waals surface area contributed by atoms with Gasteiger partial charge in [0.2, 0.25) is 0 Å². The second-order valence-electron chi connectivity index (χ2n) is 5.42. The standard InChI is InChI=1S/C15H16ClN3O3/c1-9-12(13(20)18-15(2,3)14(21)22)8-17-19(9)11-6-4-5-10(16)7-11/h4-8H,1-3H3,(H,18,20)(H,21,22). The number of nitrogens with zero attached hydrogens (tertiary/aromatic N) is 2. The first kappa shape index (κ1) is 16.0. The molecule has 2 aromatic rings. The van der Waals surface area contributed by atoms with Crippen molar-refractivity contribution < 1.29 is 14.7 Å². The molecule has 7 heteroatoms. The molecular formula is C15H16ClN3O3. The minimum absolute atomic E-state index is 0.314. The van der Waals surface area contributed by atoms with Gasteiger partial charge in [-0.1, -0.05) is 17.7 Å². The van der Waals surface area contributed by atoms with E-state index in [1.807, 2.05) is 6.07 Å². The molecule has 0 atom stereocenters. The first-order valence-electron chi connectivity index (χ1n) is 6.59. The molecule has 0 saturated carbocycles. The Bertz CT molecular complexity index is 737. The van der Waals surface area contributed by atoms with E-state index < -0.39 is 17.4 Å². The molecule has 1 aromatic carbocycles. The number of hydrogen-bond acceptors (Lipinski definition) is 3. The molecule has 22 heavy (non-hydrogen) atoms. The Hall–Kier alpha value is -2.34. The Labute approximate surface area is 132 Å². The highest BCUT2D eigenvalue weighted by Gasteiger charge is 2.30. The number of aliphatic carboxylic acids is 1. The van der Waals surface area contributed by atoms with Crippen LogP contribution in [-0.2, 0) is 4.79 Å². The van der Waals surface area contributed by atoms with Crippen molar-refractivity contribution in [2.45, 2.75) is 26.3 Å². The average Bonchev–Trinajstić information content (AvgIpc) is 2.80. The lowest BCUT2D eigenvalue weighted by Crippen LogP contribution is -2.49. The van der Waals surface area contributed by atoms with Gasteiger partial charge in [0, 0.05) is 5.02 Å². The number of nitrogens with one attached hydrogen (secondary N) is 1. The molecule has 0 spiro atoms. The fourth-order valence-corrected chi connectivity index (χ4v) is 2.09. The first-order valence-corrected chi connectivity index (χ1v) is 6.96. The van der Waals surface area contributed by atoms with Crippen LogP contribution in [0.25, 0.3) is 5.69 Å². The summed E-state index contributed by atoms with van der Waals surface area (Å²) in [5, 5.41) is 16.3. The van der Waals surface area contributed by atoms with E-state index in [0.717, 1.165) is 5.69 Å². The Morgan fingerprint density at radius 2 is 2.05 bits per heavy atom. The van der Waals surface area contributed by atoms with Gasteiger partial charge in [-0.3, -0.25) is 4.79 Å². The Kier molecular flexibility index (Phi) is 4.23. The highest BCUT2D eigenvalue weighted by atomic mass is 35.5. The van der Waals surface area contributed by atoms with Crippen molar-refractivity contribution >= 4 is 23.5 Å². The van der Waals surface area contributed by atoms with Crippen molar-refractivity contribution in [2.24, 2.45) is 0 Å². The van der Waals surface area contributed by atoms with Crippen molar-refractivity contribution in [3.05, 3.63) is 46.7 Å². The molecule has 0 radical (unpaired) electrons. The molecule has 0 bridgehead atoms. The van der Waals surface area contributed by atoms with Crippen LogP contribution in [-0.4, -0.2) is 32.3 Å². The van der Waals surface area contributed by atoms with E-state index in [4.69, 9.17) is 16.7 Å². The van der Waals surface area contributed by atoms with Crippen molar-refractivity contribution in [3.8, 4) is 5.69 Å². The fraction of sp³-hybridized carbons (Fsp3) is 0.267. The Morgan fingerprint density at radius 1 is 1.36 bits per heavy atom. The molecule has 0 aliphatic rings. The van der Waals surface area contributed by atoms with Crippen LogP contribution in [0.1, 0.15) is 29.9 Å². The van der Waals surface area contributed by atoms with Gasteiger partial charge in [-0.2, -0.15) is 5.10 Å². The number of amides is 1. The van der Waals surface area contributed by atoms with Crippen LogP contribution < -0.4 is 5.32 Å². The van der Waals surface area contributed by atoms with Crippen LogP contribution in [0.3, 0.4) is 0 Å². The zero-order valence-electron chi connectivity index (χ0n) is 12.4. The molecule has 116 valence electrons. The second kappa shape index (κ2) is 5.81. The maximum Gasteiger partial charge on any atom is 0.328 e. The molecular weight excluding hydrogens is 306 g/mol. The lowest BCUT2D eigenvalue weighted by molar-refractivity contribution is -0.143. The van der Waals surface area contributed by atoms with Crippen LogP contribution in [0, 0.1) is 6.92 Å².